The summed E-state index contributed by atoms with van der Waals surface area (Å²) in [6, 6.07) is 14.6. The number of halogens is 1. The van der Waals surface area contributed by atoms with Crippen molar-refractivity contribution < 1.29 is 10.0 Å². The molecule has 0 bridgehead atoms. The van der Waals surface area contributed by atoms with Crippen LogP contribution in [0.2, 0.25) is 5.15 Å². The zero-order chi connectivity index (χ0) is 20.0. The van der Waals surface area contributed by atoms with E-state index in [2.05, 4.69) is 4.98 Å². The molecule has 0 aliphatic carbocycles. The summed E-state index contributed by atoms with van der Waals surface area (Å²) in [5.74, 6) is -0.299. The van der Waals surface area contributed by atoms with Gasteiger partial charge in [-0.3, -0.25) is 19.5 Å². The molecule has 2 aromatic heterocycles. The molecule has 0 amide bonds. The number of aryl methyl sites for hydroxylation is 1. The number of rotatable bonds is 3. The molecule has 2 heterocycles. The second-order valence-electron chi connectivity index (χ2n) is 6.39. The number of hydrogen-bond donors (Lipinski definition) is 2. The Balaban J connectivity index is 2.03. The molecule has 7 nitrogen and oxygen atoms in total. The fourth-order valence-electron chi connectivity index (χ4n) is 3.21. The van der Waals surface area contributed by atoms with E-state index in [9.17, 15) is 20.0 Å². The number of nitrogens with one attached hydrogen (secondary N) is 1. The van der Waals surface area contributed by atoms with E-state index in [-0.39, 0.29) is 22.6 Å². The van der Waals surface area contributed by atoms with Crippen LogP contribution in [-0.4, -0.2) is 19.6 Å². The highest BCUT2D eigenvalue weighted by Crippen LogP contribution is 2.37. The van der Waals surface area contributed by atoms with Gasteiger partial charge >= 0.3 is 0 Å². The largest absolute Gasteiger partial charge is 0.505 e. The van der Waals surface area contributed by atoms with Gasteiger partial charge in [-0.1, -0.05) is 41.4 Å². The number of benzene rings is 2. The van der Waals surface area contributed by atoms with E-state index < -0.39 is 10.5 Å². The molecule has 2 aromatic carbocycles. The molecule has 8 heteroatoms. The molecule has 0 aliphatic rings. The number of fused-ring (bicyclic) bond motifs is 1. The van der Waals surface area contributed by atoms with Crippen LogP contribution in [0.25, 0.3) is 27.8 Å². The van der Waals surface area contributed by atoms with Crippen molar-refractivity contribution in [2.75, 3.05) is 0 Å². The predicted molar refractivity (Wildman–Crippen MR) is 107 cm³/mol. The van der Waals surface area contributed by atoms with E-state index >= 15 is 0 Å². The molecule has 4 rings (SSSR count). The third-order valence-corrected chi connectivity index (χ3v) is 4.81. The van der Waals surface area contributed by atoms with E-state index in [1.54, 1.807) is 10.6 Å². The minimum atomic E-state index is -0.566. The van der Waals surface area contributed by atoms with Crippen molar-refractivity contribution in [2.24, 2.45) is 0 Å². The van der Waals surface area contributed by atoms with E-state index in [1.807, 2.05) is 31.2 Å². The lowest BCUT2D eigenvalue weighted by molar-refractivity contribution is -0.384. The van der Waals surface area contributed by atoms with Gasteiger partial charge in [0.05, 0.1) is 16.0 Å². The van der Waals surface area contributed by atoms with Crippen LogP contribution in [0.1, 0.15) is 5.56 Å². The molecule has 140 valence electrons. The fourth-order valence-corrected chi connectivity index (χ4v) is 3.50. The van der Waals surface area contributed by atoms with Gasteiger partial charge in [-0.25, -0.2) is 0 Å². The van der Waals surface area contributed by atoms with Crippen LogP contribution in [0, 0.1) is 17.0 Å². The summed E-state index contributed by atoms with van der Waals surface area (Å²) < 4.78 is 1.61. The summed E-state index contributed by atoms with van der Waals surface area (Å²) in [6.45, 7) is 1.95. The molecule has 0 fully saturated rings. The van der Waals surface area contributed by atoms with E-state index in [0.29, 0.717) is 21.9 Å². The van der Waals surface area contributed by atoms with Gasteiger partial charge < -0.3 is 10.1 Å². The van der Waals surface area contributed by atoms with Crippen molar-refractivity contribution in [3.8, 4) is 22.6 Å². The average Bonchev–Trinajstić information content (AvgIpc) is 2.98. The van der Waals surface area contributed by atoms with Gasteiger partial charge in [0.15, 0.2) is 5.75 Å². The number of aromatic nitrogens is 2. The van der Waals surface area contributed by atoms with Crippen LogP contribution < -0.4 is 5.56 Å². The molecular weight excluding hydrogens is 382 g/mol. The molecule has 2 N–H and O–H groups in total. The third-order valence-electron chi connectivity index (χ3n) is 4.53. The lowest BCUT2D eigenvalue weighted by Gasteiger charge is -2.11. The number of hydrogen-bond acceptors (Lipinski definition) is 4. The SMILES string of the molecule is Cc1ccc(-n2c(Cl)cc3[nH]c(=O)c(-c4cccc([N+](=O)[O-])c4)c(O)c32)cc1. The Morgan fingerprint density at radius 3 is 2.54 bits per heavy atom. The molecule has 4 aromatic rings. The Hall–Kier alpha value is -3.58. The predicted octanol–water partition coefficient (Wildman–Crippen LogP) is 4.56. The van der Waals surface area contributed by atoms with Crippen LogP contribution in [0.4, 0.5) is 5.69 Å². The molecular formula is C20H14ClN3O4. The summed E-state index contributed by atoms with van der Waals surface area (Å²) >= 11 is 6.37. The Kier molecular flexibility index (Phi) is 4.16. The molecule has 0 atom stereocenters. The smallest absolute Gasteiger partial charge is 0.270 e. The maximum absolute atomic E-state index is 12.6. The quantitative estimate of drug-likeness (QED) is 0.392. The van der Waals surface area contributed by atoms with Crippen molar-refractivity contribution in [3.05, 3.63) is 85.8 Å². The summed E-state index contributed by atoms with van der Waals surface area (Å²) in [5.41, 5.74) is 1.88. The number of H-pyrrole nitrogens is 1. The highest BCUT2D eigenvalue weighted by atomic mass is 35.5. The first-order chi connectivity index (χ1) is 13.4. The van der Waals surface area contributed by atoms with Crippen molar-refractivity contribution in [3.63, 3.8) is 0 Å². The maximum Gasteiger partial charge on any atom is 0.270 e. The molecule has 0 unspecified atom stereocenters. The molecule has 0 aliphatic heterocycles. The zero-order valence-electron chi connectivity index (χ0n) is 14.6. The number of pyridine rings is 1. The Morgan fingerprint density at radius 1 is 1.14 bits per heavy atom. The first kappa shape index (κ1) is 17.8. The minimum Gasteiger partial charge on any atom is -0.505 e. The first-order valence-corrected chi connectivity index (χ1v) is 8.72. The van der Waals surface area contributed by atoms with Crippen LogP contribution in [0.3, 0.4) is 0 Å². The monoisotopic (exact) mass is 395 g/mol. The van der Waals surface area contributed by atoms with Gasteiger partial charge in [0, 0.05) is 17.8 Å². The number of aromatic amines is 1. The highest BCUT2D eigenvalue weighted by Gasteiger charge is 2.21. The second-order valence-corrected chi connectivity index (χ2v) is 6.77. The first-order valence-electron chi connectivity index (χ1n) is 8.35. The second kappa shape index (κ2) is 6.54. The third kappa shape index (κ3) is 2.82. The van der Waals surface area contributed by atoms with Gasteiger partial charge in [0.25, 0.3) is 11.2 Å². The van der Waals surface area contributed by atoms with Gasteiger partial charge in [-0.05, 0) is 30.7 Å². The van der Waals surface area contributed by atoms with Crippen molar-refractivity contribution in [1.29, 1.82) is 0 Å². The number of nitro benzene ring substituents is 1. The number of aromatic hydroxyl groups is 1. The normalized spacial score (nSPS) is 11.1. The Bertz CT molecular complexity index is 1290. The van der Waals surface area contributed by atoms with Gasteiger partial charge in [0.1, 0.15) is 10.7 Å². The Morgan fingerprint density at radius 2 is 1.86 bits per heavy atom. The lowest BCUT2D eigenvalue weighted by atomic mass is 10.0. The number of nitro groups is 1. The molecule has 0 saturated heterocycles. The molecule has 0 radical (unpaired) electrons. The van der Waals surface area contributed by atoms with E-state index in [4.69, 9.17) is 11.6 Å². The van der Waals surface area contributed by atoms with Gasteiger partial charge in [-0.15, -0.1) is 0 Å². The summed E-state index contributed by atoms with van der Waals surface area (Å²) in [7, 11) is 0. The maximum atomic E-state index is 12.6. The topological polar surface area (TPSA) is 101 Å². The number of nitrogens with zero attached hydrogens (tertiary/aromatic N) is 2. The lowest BCUT2D eigenvalue weighted by Crippen LogP contribution is -2.10. The van der Waals surface area contributed by atoms with Crippen molar-refractivity contribution in [2.45, 2.75) is 6.92 Å². The van der Waals surface area contributed by atoms with Gasteiger partial charge in [0.2, 0.25) is 0 Å². The molecule has 28 heavy (non-hydrogen) atoms. The Labute approximate surface area is 163 Å². The van der Waals surface area contributed by atoms with Crippen LogP contribution in [-0.2, 0) is 0 Å². The summed E-state index contributed by atoms with van der Waals surface area (Å²) in [5, 5.41) is 22.3. The highest BCUT2D eigenvalue weighted by molar-refractivity contribution is 6.31. The van der Waals surface area contributed by atoms with E-state index in [0.717, 1.165) is 5.56 Å². The average molecular weight is 396 g/mol. The number of non-ortho nitro benzene ring substituents is 1. The van der Waals surface area contributed by atoms with Crippen LogP contribution in [0.5, 0.6) is 5.75 Å². The van der Waals surface area contributed by atoms with Crippen molar-refractivity contribution in [1.82, 2.24) is 9.55 Å². The van der Waals surface area contributed by atoms with Crippen LogP contribution in [0.15, 0.2) is 59.4 Å². The molecule has 0 saturated carbocycles. The van der Waals surface area contributed by atoms with Gasteiger partial charge in [-0.2, -0.15) is 0 Å². The van der Waals surface area contributed by atoms with Crippen molar-refractivity contribution >= 4 is 28.3 Å². The zero-order valence-corrected chi connectivity index (χ0v) is 15.4. The standard InChI is InChI=1S/C20H14ClN3O4/c1-11-5-7-13(8-6-11)23-16(21)10-15-18(23)19(25)17(20(26)22-15)12-3-2-4-14(9-12)24(27)28/h2-10H,1H3,(H2,22,25,26). The fraction of sp³-hybridized carbons (Fsp3) is 0.0500. The summed E-state index contributed by atoms with van der Waals surface area (Å²) in [6.07, 6.45) is 0. The molecule has 0 spiro atoms. The minimum absolute atomic E-state index is 0.0562. The summed E-state index contributed by atoms with van der Waals surface area (Å²) in [4.78, 5) is 25.8. The van der Waals surface area contributed by atoms with Crippen LogP contribution >= 0.6 is 11.6 Å². The van der Waals surface area contributed by atoms with E-state index in [1.165, 1.54) is 24.3 Å².